The Labute approximate surface area is 96.6 Å². The molecule has 1 atom stereocenters. The van der Waals surface area contributed by atoms with E-state index in [1.165, 1.54) is 12.8 Å². The largest absolute Gasteiger partial charge is 0.481 e. The van der Waals surface area contributed by atoms with Crippen LogP contribution in [-0.4, -0.2) is 35.0 Å². The standard InChI is InChI=1S/C12H21NO3/c1-3-13(8-9(2)12(15)16)11(14)7-6-10-4-5-10/h9-10H,3-8H2,1-2H3,(H,15,16). The summed E-state index contributed by atoms with van der Waals surface area (Å²) in [5.74, 6) is -0.472. The van der Waals surface area contributed by atoms with E-state index < -0.39 is 11.9 Å². The van der Waals surface area contributed by atoms with Crippen molar-refractivity contribution in [3.05, 3.63) is 0 Å². The van der Waals surface area contributed by atoms with Gasteiger partial charge in [0.25, 0.3) is 0 Å². The summed E-state index contributed by atoms with van der Waals surface area (Å²) >= 11 is 0. The lowest BCUT2D eigenvalue weighted by Gasteiger charge is -2.22. The zero-order valence-corrected chi connectivity index (χ0v) is 10.1. The fourth-order valence-corrected chi connectivity index (χ4v) is 1.71. The van der Waals surface area contributed by atoms with Crippen molar-refractivity contribution in [2.45, 2.75) is 39.5 Å². The SMILES string of the molecule is CCN(CC(C)C(=O)O)C(=O)CCC1CC1. The van der Waals surface area contributed by atoms with Gasteiger partial charge in [-0.2, -0.15) is 0 Å². The van der Waals surface area contributed by atoms with E-state index in [9.17, 15) is 9.59 Å². The van der Waals surface area contributed by atoms with Gasteiger partial charge in [0.2, 0.25) is 5.91 Å². The Hall–Kier alpha value is -1.06. The molecule has 0 heterocycles. The quantitative estimate of drug-likeness (QED) is 0.720. The molecule has 0 spiro atoms. The molecule has 1 N–H and O–H groups in total. The molecule has 1 aliphatic carbocycles. The second kappa shape index (κ2) is 5.87. The van der Waals surface area contributed by atoms with Crippen LogP contribution >= 0.6 is 0 Å². The number of hydrogen-bond acceptors (Lipinski definition) is 2. The third kappa shape index (κ3) is 4.21. The molecule has 1 amide bonds. The van der Waals surface area contributed by atoms with Gasteiger partial charge in [0.05, 0.1) is 5.92 Å². The van der Waals surface area contributed by atoms with E-state index in [4.69, 9.17) is 5.11 Å². The van der Waals surface area contributed by atoms with Crippen molar-refractivity contribution in [2.75, 3.05) is 13.1 Å². The van der Waals surface area contributed by atoms with Gasteiger partial charge < -0.3 is 10.0 Å². The minimum Gasteiger partial charge on any atom is -0.481 e. The van der Waals surface area contributed by atoms with Crippen molar-refractivity contribution in [1.82, 2.24) is 4.90 Å². The zero-order chi connectivity index (χ0) is 12.1. The maximum atomic E-state index is 11.8. The van der Waals surface area contributed by atoms with E-state index >= 15 is 0 Å². The second-order valence-corrected chi connectivity index (χ2v) is 4.65. The van der Waals surface area contributed by atoms with Crippen LogP contribution in [0.2, 0.25) is 0 Å². The Kier molecular flexibility index (Phi) is 4.77. The first-order valence-corrected chi connectivity index (χ1v) is 6.05. The summed E-state index contributed by atoms with van der Waals surface area (Å²) in [7, 11) is 0. The topological polar surface area (TPSA) is 57.6 Å². The summed E-state index contributed by atoms with van der Waals surface area (Å²) in [6.07, 6.45) is 4.05. The van der Waals surface area contributed by atoms with Crippen LogP contribution in [0.25, 0.3) is 0 Å². The number of carboxylic acid groups (broad SMARTS) is 1. The molecule has 1 rings (SSSR count). The van der Waals surface area contributed by atoms with Crippen LogP contribution in [0.4, 0.5) is 0 Å². The number of rotatable bonds is 7. The van der Waals surface area contributed by atoms with Crippen LogP contribution in [0.15, 0.2) is 0 Å². The van der Waals surface area contributed by atoms with E-state index in [1.807, 2.05) is 6.92 Å². The number of carbonyl (C=O) groups excluding carboxylic acids is 1. The summed E-state index contributed by atoms with van der Waals surface area (Å²) in [5, 5.41) is 8.80. The molecule has 1 unspecified atom stereocenters. The normalized spacial score (nSPS) is 16.9. The lowest BCUT2D eigenvalue weighted by molar-refractivity contribution is -0.143. The maximum absolute atomic E-state index is 11.8. The van der Waals surface area contributed by atoms with Gasteiger partial charge in [0.15, 0.2) is 0 Å². The molecule has 4 heteroatoms. The van der Waals surface area contributed by atoms with E-state index in [0.717, 1.165) is 12.3 Å². The first kappa shape index (κ1) is 13.0. The van der Waals surface area contributed by atoms with Gasteiger partial charge in [-0.15, -0.1) is 0 Å². The van der Waals surface area contributed by atoms with E-state index in [1.54, 1.807) is 11.8 Å². The third-order valence-corrected chi connectivity index (χ3v) is 3.11. The highest BCUT2D eigenvalue weighted by Crippen LogP contribution is 2.33. The molecule has 1 saturated carbocycles. The number of carbonyl (C=O) groups is 2. The molecule has 1 aliphatic rings. The summed E-state index contributed by atoms with van der Waals surface area (Å²) in [5.41, 5.74) is 0. The van der Waals surface area contributed by atoms with Gasteiger partial charge in [0, 0.05) is 19.5 Å². The third-order valence-electron chi connectivity index (χ3n) is 3.11. The number of aliphatic carboxylic acids is 1. The van der Waals surface area contributed by atoms with Crippen LogP contribution in [-0.2, 0) is 9.59 Å². The lowest BCUT2D eigenvalue weighted by atomic mass is 10.1. The van der Waals surface area contributed by atoms with Crippen LogP contribution < -0.4 is 0 Å². The lowest BCUT2D eigenvalue weighted by Crippen LogP contribution is -2.36. The molecule has 0 aliphatic heterocycles. The van der Waals surface area contributed by atoms with Crippen LogP contribution in [0, 0.1) is 11.8 Å². The molecular formula is C12H21NO3. The number of amides is 1. The first-order valence-electron chi connectivity index (χ1n) is 6.05. The average Bonchev–Trinajstić information content (AvgIpc) is 3.05. The summed E-state index contributed by atoms with van der Waals surface area (Å²) in [6, 6.07) is 0. The summed E-state index contributed by atoms with van der Waals surface area (Å²) in [4.78, 5) is 24.2. The summed E-state index contributed by atoms with van der Waals surface area (Å²) < 4.78 is 0. The molecule has 0 aromatic rings. The average molecular weight is 227 g/mol. The minimum atomic E-state index is -0.839. The molecular weight excluding hydrogens is 206 g/mol. The highest BCUT2D eigenvalue weighted by atomic mass is 16.4. The highest BCUT2D eigenvalue weighted by molar-refractivity contribution is 5.77. The monoisotopic (exact) mass is 227 g/mol. The number of hydrogen-bond donors (Lipinski definition) is 1. The molecule has 0 bridgehead atoms. The Morgan fingerprint density at radius 3 is 2.50 bits per heavy atom. The molecule has 0 radical (unpaired) electrons. The fourth-order valence-electron chi connectivity index (χ4n) is 1.71. The molecule has 0 aromatic heterocycles. The van der Waals surface area contributed by atoms with Crippen molar-refractivity contribution in [2.24, 2.45) is 11.8 Å². The molecule has 1 fully saturated rings. The molecule has 92 valence electrons. The van der Waals surface area contributed by atoms with Gasteiger partial charge >= 0.3 is 5.97 Å². The van der Waals surface area contributed by atoms with Gasteiger partial charge in [-0.05, 0) is 19.3 Å². The first-order chi connectivity index (χ1) is 7.54. The summed E-state index contributed by atoms with van der Waals surface area (Å²) in [6.45, 7) is 4.46. The maximum Gasteiger partial charge on any atom is 0.308 e. The highest BCUT2D eigenvalue weighted by Gasteiger charge is 2.24. The van der Waals surface area contributed by atoms with Crippen LogP contribution in [0.3, 0.4) is 0 Å². The Balaban J connectivity index is 2.32. The van der Waals surface area contributed by atoms with E-state index in [-0.39, 0.29) is 5.91 Å². The van der Waals surface area contributed by atoms with Crippen LogP contribution in [0.5, 0.6) is 0 Å². The van der Waals surface area contributed by atoms with E-state index in [2.05, 4.69) is 0 Å². The Bertz CT molecular complexity index is 261. The van der Waals surface area contributed by atoms with Crippen molar-refractivity contribution in [1.29, 1.82) is 0 Å². The minimum absolute atomic E-state index is 0.0995. The van der Waals surface area contributed by atoms with Crippen LogP contribution in [0.1, 0.15) is 39.5 Å². The van der Waals surface area contributed by atoms with Crippen molar-refractivity contribution >= 4 is 11.9 Å². The van der Waals surface area contributed by atoms with Crippen molar-refractivity contribution in [3.63, 3.8) is 0 Å². The van der Waals surface area contributed by atoms with Gasteiger partial charge in [0.1, 0.15) is 0 Å². The zero-order valence-electron chi connectivity index (χ0n) is 10.1. The number of carboxylic acids is 1. The fraction of sp³-hybridized carbons (Fsp3) is 0.833. The van der Waals surface area contributed by atoms with Gasteiger partial charge in [-0.3, -0.25) is 9.59 Å². The van der Waals surface area contributed by atoms with Crippen molar-refractivity contribution in [3.8, 4) is 0 Å². The van der Waals surface area contributed by atoms with E-state index in [0.29, 0.717) is 19.5 Å². The Morgan fingerprint density at radius 2 is 2.06 bits per heavy atom. The molecule has 16 heavy (non-hydrogen) atoms. The molecule has 0 aromatic carbocycles. The number of nitrogens with zero attached hydrogens (tertiary/aromatic N) is 1. The smallest absolute Gasteiger partial charge is 0.308 e. The van der Waals surface area contributed by atoms with Gasteiger partial charge in [-0.1, -0.05) is 19.8 Å². The van der Waals surface area contributed by atoms with Gasteiger partial charge in [-0.25, -0.2) is 0 Å². The Morgan fingerprint density at radius 1 is 1.44 bits per heavy atom. The molecule has 0 saturated heterocycles. The molecule has 4 nitrogen and oxygen atoms in total. The second-order valence-electron chi connectivity index (χ2n) is 4.65. The van der Waals surface area contributed by atoms with Crippen molar-refractivity contribution < 1.29 is 14.7 Å². The predicted molar refractivity (Wildman–Crippen MR) is 61.0 cm³/mol. The predicted octanol–water partition coefficient (Wildman–Crippen LogP) is 1.75.